The van der Waals surface area contributed by atoms with Gasteiger partial charge in [-0.15, -0.1) is 10.2 Å². The highest BCUT2D eigenvalue weighted by molar-refractivity contribution is 5.78. The lowest BCUT2D eigenvalue weighted by Gasteiger charge is -2.34. The average molecular weight is 405 g/mol. The molecule has 1 amide bonds. The van der Waals surface area contributed by atoms with E-state index in [2.05, 4.69) is 27.3 Å². The molecule has 1 N–H and O–H groups in total. The number of likely N-dealkylation sites (tertiary alicyclic amines) is 1. The van der Waals surface area contributed by atoms with Crippen molar-refractivity contribution >= 4 is 5.91 Å². The normalized spacial score (nSPS) is 16.3. The van der Waals surface area contributed by atoms with Crippen LogP contribution in [-0.2, 0) is 11.3 Å². The molecule has 6 heteroatoms. The highest BCUT2D eigenvalue weighted by Gasteiger charge is 2.29. The summed E-state index contributed by atoms with van der Waals surface area (Å²) in [7, 11) is 0. The quantitative estimate of drug-likeness (QED) is 0.669. The maximum absolute atomic E-state index is 12.5. The van der Waals surface area contributed by atoms with Crippen molar-refractivity contribution in [1.29, 1.82) is 0 Å². The Morgan fingerprint density at radius 3 is 2.63 bits per heavy atom. The van der Waals surface area contributed by atoms with Gasteiger partial charge in [-0.05, 0) is 57.5 Å². The molecule has 1 aromatic heterocycles. The zero-order chi connectivity index (χ0) is 20.9. The molecule has 1 saturated heterocycles. The Balaban J connectivity index is 1.30. The van der Waals surface area contributed by atoms with E-state index in [0.29, 0.717) is 18.3 Å². The fourth-order valence-corrected chi connectivity index (χ4v) is 3.93. The number of benzene rings is 2. The van der Waals surface area contributed by atoms with Crippen LogP contribution < -0.4 is 5.32 Å². The van der Waals surface area contributed by atoms with E-state index >= 15 is 0 Å². The van der Waals surface area contributed by atoms with Gasteiger partial charge in [-0.3, -0.25) is 9.69 Å². The van der Waals surface area contributed by atoms with Gasteiger partial charge in [0.1, 0.15) is 0 Å². The predicted octanol–water partition coefficient (Wildman–Crippen LogP) is 4.13. The number of piperidine rings is 1. The highest BCUT2D eigenvalue weighted by Crippen LogP contribution is 2.28. The largest absolute Gasteiger partial charge is 0.419 e. The topological polar surface area (TPSA) is 71.3 Å². The number of carbonyl (C=O) groups excluding carboxylic acids is 1. The molecule has 4 rings (SSSR count). The monoisotopic (exact) mass is 404 g/mol. The Morgan fingerprint density at radius 1 is 1.13 bits per heavy atom. The minimum atomic E-state index is 0.0318. The van der Waals surface area contributed by atoms with Gasteiger partial charge in [-0.1, -0.05) is 48.0 Å². The highest BCUT2D eigenvalue weighted by atomic mass is 16.4. The molecule has 1 unspecified atom stereocenters. The molecule has 0 spiro atoms. The minimum Gasteiger partial charge on any atom is -0.419 e. The van der Waals surface area contributed by atoms with E-state index in [4.69, 9.17) is 4.42 Å². The molecular formula is C24H28N4O2. The summed E-state index contributed by atoms with van der Waals surface area (Å²) in [4.78, 5) is 14.8. The molecule has 2 aromatic carbocycles. The Kier molecular flexibility index (Phi) is 6.23. The van der Waals surface area contributed by atoms with E-state index in [1.54, 1.807) is 0 Å². The molecule has 6 nitrogen and oxygen atoms in total. The molecule has 1 aliphatic heterocycles. The first-order chi connectivity index (χ1) is 14.6. The van der Waals surface area contributed by atoms with E-state index in [1.165, 1.54) is 0 Å². The number of aromatic nitrogens is 2. The Bertz CT molecular complexity index is 978. The molecule has 0 aliphatic carbocycles. The molecule has 0 saturated carbocycles. The molecule has 3 aromatic rings. The van der Waals surface area contributed by atoms with Crippen molar-refractivity contribution in [2.75, 3.05) is 13.1 Å². The number of carbonyl (C=O) groups is 1. The van der Waals surface area contributed by atoms with Crippen LogP contribution in [0.25, 0.3) is 11.5 Å². The maximum Gasteiger partial charge on any atom is 0.247 e. The van der Waals surface area contributed by atoms with Crippen LogP contribution in [0, 0.1) is 12.8 Å². The number of amides is 1. The Labute approximate surface area is 177 Å². The van der Waals surface area contributed by atoms with Crippen LogP contribution in [-0.4, -0.2) is 34.1 Å². The molecule has 30 heavy (non-hydrogen) atoms. The maximum atomic E-state index is 12.5. The van der Waals surface area contributed by atoms with Crippen LogP contribution in [0.5, 0.6) is 0 Å². The summed E-state index contributed by atoms with van der Waals surface area (Å²) in [6.07, 6.45) is 1.67. The zero-order valence-electron chi connectivity index (χ0n) is 17.5. The van der Waals surface area contributed by atoms with E-state index in [1.807, 2.05) is 61.5 Å². The van der Waals surface area contributed by atoms with Gasteiger partial charge >= 0.3 is 0 Å². The number of nitrogens with one attached hydrogen (secondary N) is 1. The van der Waals surface area contributed by atoms with E-state index in [9.17, 15) is 4.79 Å². The van der Waals surface area contributed by atoms with Crippen LogP contribution >= 0.6 is 0 Å². The molecule has 1 aliphatic rings. The third kappa shape index (κ3) is 4.76. The fraction of sp³-hybridized carbons (Fsp3) is 0.375. The van der Waals surface area contributed by atoms with Crippen LogP contribution in [0.2, 0.25) is 0 Å². The molecule has 1 fully saturated rings. The van der Waals surface area contributed by atoms with Gasteiger partial charge in [-0.2, -0.15) is 0 Å². The first-order valence-electron chi connectivity index (χ1n) is 10.6. The lowest BCUT2D eigenvalue weighted by atomic mass is 9.95. The van der Waals surface area contributed by atoms with Gasteiger partial charge in [0.25, 0.3) is 0 Å². The van der Waals surface area contributed by atoms with Gasteiger partial charge in [0, 0.05) is 18.0 Å². The van der Waals surface area contributed by atoms with Crippen molar-refractivity contribution in [3.05, 3.63) is 71.6 Å². The second-order valence-electron chi connectivity index (χ2n) is 8.00. The first-order valence-corrected chi connectivity index (χ1v) is 10.6. The molecular weight excluding hydrogens is 376 g/mol. The van der Waals surface area contributed by atoms with E-state index < -0.39 is 0 Å². The number of nitrogens with zero attached hydrogens (tertiary/aromatic N) is 3. The van der Waals surface area contributed by atoms with Gasteiger partial charge in [0.2, 0.25) is 17.7 Å². The summed E-state index contributed by atoms with van der Waals surface area (Å²) >= 11 is 0. The zero-order valence-corrected chi connectivity index (χ0v) is 17.5. The third-order valence-electron chi connectivity index (χ3n) is 5.82. The Morgan fingerprint density at radius 2 is 1.90 bits per heavy atom. The first kappa shape index (κ1) is 20.3. The average Bonchev–Trinajstić information content (AvgIpc) is 3.28. The smallest absolute Gasteiger partial charge is 0.247 e. The van der Waals surface area contributed by atoms with Crippen LogP contribution in [0.4, 0.5) is 0 Å². The summed E-state index contributed by atoms with van der Waals surface area (Å²) < 4.78 is 5.96. The molecule has 0 radical (unpaired) electrons. The fourth-order valence-electron chi connectivity index (χ4n) is 3.93. The van der Waals surface area contributed by atoms with Gasteiger partial charge in [0.15, 0.2) is 0 Å². The molecule has 0 bridgehead atoms. The Hall–Kier alpha value is -2.99. The van der Waals surface area contributed by atoms with Crippen LogP contribution in [0.3, 0.4) is 0 Å². The van der Waals surface area contributed by atoms with Crippen molar-refractivity contribution in [3.63, 3.8) is 0 Å². The lowest BCUT2D eigenvalue weighted by Crippen LogP contribution is -2.41. The van der Waals surface area contributed by atoms with Crippen molar-refractivity contribution < 1.29 is 9.21 Å². The number of aryl methyl sites for hydroxylation is 1. The van der Waals surface area contributed by atoms with E-state index in [0.717, 1.165) is 42.6 Å². The summed E-state index contributed by atoms with van der Waals surface area (Å²) in [5, 5.41) is 11.6. The third-order valence-corrected chi connectivity index (χ3v) is 5.82. The SMILES string of the molecule is Cc1cccc(-c2nnc(C(C)N3CCC(C(=O)NCc4ccccc4)CC3)o2)c1. The van der Waals surface area contributed by atoms with Crippen molar-refractivity contribution in [2.45, 2.75) is 39.3 Å². The summed E-state index contributed by atoms with van der Waals surface area (Å²) in [5.74, 6) is 1.38. The number of hydrogen-bond acceptors (Lipinski definition) is 5. The van der Waals surface area contributed by atoms with E-state index in [-0.39, 0.29) is 17.9 Å². The minimum absolute atomic E-state index is 0.0318. The summed E-state index contributed by atoms with van der Waals surface area (Å²) in [5.41, 5.74) is 3.22. The lowest BCUT2D eigenvalue weighted by molar-refractivity contribution is -0.126. The van der Waals surface area contributed by atoms with Gasteiger partial charge in [0.05, 0.1) is 6.04 Å². The van der Waals surface area contributed by atoms with Crippen molar-refractivity contribution in [2.24, 2.45) is 5.92 Å². The number of hydrogen-bond donors (Lipinski definition) is 1. The number of rotatable bonds is 6. The van der Waals surface area contributed by atoms with Gasteiger partial charge in [-0.25, -0.2) is 0 Å². The molecule has 2 heterocycles. The second kappa shape index (κ2) is 9.22. The van der Waals surface area contributed by atoms with Crippen molar-refractivity contribution in [3.8, 4) is 11.5 Å². The summed E-state index contributed by atoms with van der Waals surface area (Å²) in [6, 6.07) is 18.1. The summed E-state index contributed by atoms with van der Waals surface area (Å²) in [6.45, 7) is 6.40. The second-order valence-corrected chi connectivity index (χ2v) is 8.00. The van der Waals surface area contributed by atoms with Crippen LogP contribution in [0.15, 0.2) is 59.0 Å². The van der Waals surface area contributed by atoms with Gasteiger partial charge < -0.3 is 9.73 Å². The van der Waals surface area contributed by atoms with Crippen molar-refractivity contribution in [1.82, 2.24) is 20.4 Å². The molecule has 156 valence electrons. The van der Waals surface area contributed by atoms with Crippen LogP contribution in [0.1, 0.15) is 42.8 Å². The standard InChI is InChI=1S/C24H28N4O2/c1-17-7-6-10-21(15-17)24-27-26-23(30-24)18(2)28-13-11-20(12-14-28)22(29)25-16-19-8-4-3-5-9-19/h3-10,15,18,20H,11-14,16H2,1-2H3,(H,25,29). The molecule has 1 atom stereocenters. The predicted molar refractivity (Wildman–Crippen MR) is 115 cm³/mol.